The van der Waals surface area contributed by atoms with Gasteiger partial charge in [0.2, 0.25) is 0 Å². The lowest BCUT2D eigenvalue weighted by molar-refractivity contribution is -0.216. The third-order valence-corrected chi connectivity index (χ3v) is 10.1. The van der Waals surface area contributed by atoms with E-state index in [1.807, 2.05) is 38.2 Å². The van der Waals surface area contributed by atoms with Crippen molar-refractivity contribution in [1.82, 2.24) is 10.2 Å². The molecule has 6 atom stereocenters. The van der Waals surface area contributed by atoms with Gasteiger partial charge in [0.05, 0.1) is 19.2 Å². The number of aliphatic hydroxyl groups excluding tert-OH is 1. The first kappa shape index (κ1) is 27.0. The molecule has 40 heavy (non-hydrogen) atoms. The van der Waals surface area contributed by atoms with Crippen LogP contribution in [0.5, 0.6) is 0 Å². The number of aryl methyl sites for hydroxylation is 1. The Bertz CT molecular complexity index is 1380. The molecule has 3 heterocycles. The molecule has 1 unspecified atom stereocenters. The average molecular weight is 546 g/mol. The second-order valence-corrected chi connectivity index (χ2v) is 12.1. The summed E-state index contributed by atoms with van der Waals surface area (Å²) in [6, 6.07) is 12.9. The van der Waals surface area contributed by atoms with E-state index in [9.17, 15) is 19.8 Å². The Kier molecular flexibility index (Phi) is 6.36. The summed E-state index contributed by atoms with van der Waals surface area (Å²) in [6.45, 7) is 6.92. The first-order valence-corrected chi connectivity index (χ1v) is 14.3. The highest BCUT2D eigenvalue weighted by Crippen LogP contribution is 2.67. The number of anilines is 1. The molecule has 1 saturated carbocycles. The SMILES string of the molecule is CC[C@]12C=CCN3CC[C@@]4(c5ccc(CO)cc5N(C)[C@H]4C(O)(CNC(=O)c4ccc(C)cc4)[C@@H]1OC(C)=O)[C@@H]32. The molecular formula is C32H39N3O5. The Morgan fingerprint density at radius 2 is 1.90 bits per heavy atom. The van der Waals surface area contributed by atoms with Crippen LogP contribution >= 0.6 is 0 Å². The zero-order chi connectivity index (χ0) is 28.4. The monoisotopic (exact) mass is 545 g/mol. The van der Waals surface area contributed by atoms with Crippen LogP contribution in [0.25, 0.3) is 0 Å². The van der Waals surface area contributed by atoms with Crippen molar-refractivity contribution in [3.05, 3.63) is 76.9 Å². The Morgan fingerprint density at radius 3 is 2.58 bits per heavy atom. The molecule has 0 aromatic heterocycles. The van der Waals surface area contributed by atoms with Crippen molar-refractivity contribution in [2.75, 3.05) is 31.6 Å². The molecule has 3 aliphatic heterocycles. The van der Waals surface area contributed by atoms with Crippen LogP contribution in [-0.4, -0.2) is 77.5 Å². The Balaban J connectivity index is 1.53. The number of hydrogen-bond donors (Lipinski definition) is 3. The summed E-state index contributed by atoms with van der Waals surface area (Å²) in [6.07, 6.45) is 4.88. The van der Waals surface area contributed by atoms with Gasteiger partial charge in [0.15, 0.2) is 0 Å². The molecule has 1 amide bonds. The number of fused-ring (bicyclic) bond motifs is 1. The van der Waals surface area contributed by atoms with Gasteiger partial charge < -0.3 is 25.2 Å². The normalized spacial score (nSPS) is 33.8. The topological polar surface area (TPSA) is 102 Å². The van der Waals surface area contributed by atoms with Crippen molar-refractivity contribution in [3.63, 3.8) is 0 Å². The molecular weight excluding hydrogens is 506 g/mol. The third kappa shape index (κ3) is 3.55. The molecule has 2 fully saturated rings. The second-order valence-electron chi connectivity index (χ2n) is 12.1. The van der Waals surface area contributed by atoms with E-state index >= 15 is 0 Å². The highest BCUT2D eigenvalue weighted by Gasteiger charge is 2.77. The quantitative estimate of drug-likeness (QED) is 0.379. The molecule has 0 bridgehead atoms. The van der Waals surface area contributed by atoms with Crippen LogP contribution in [0.2, 0.25) is 0 Å². The number of likely N-dealkylation sites (N-methyl/N-ethyl adjacent to an activating group) is 1. The molecule has 0 radical (unpaired) electrons. The predicted molar refractivity (Wildman–Crippen MR) is 152 cm³/mol. The Hall–Kier alpha value is -3.20. The van der Waals surface area contributed by atoms with Crippen LogP contribution in [0.4, 0.5) is 5.69 Å². The number of rotatable bonds is 6. The number of amides is 1. The summed E-state index contributed by atoms with van der Waals surface area (Å²) in [7, 11) is 1.97. The van der Waals surface area contributed by atoms with Crippen LogP contribution < -0.4 is 10.2 Å². The van der Waals surface area contributed by atoms with E-state index in [1.165, 1.54) is 6.92 Å². The van der Waals surface area contributed by atoms with Crippen molar-refractivity contribution >= 4 is 17.6 Å². The highest BCUT2D eigenvalue weighted by molar-refractivity contribution is 5.94. The van der Waals surface area contributed by atoms with Gasteiger partial charge in [0.25, 0.3) is 5.91 Å². The average Bonchev–Trinajstić information content (AvgIpc) is 3.46. The minimum Gasteiger partial charge on any atom is -0.458 e. The van der Waals surface area contributed by atoms with Gasteiger partial charge in [-0.1, -0.05) is 48.9 Å². The van der Waals surface area contributed by atoms with Crippen molar-refractivity contribution in [1.29, 1.82) is 0 Å². The number of benzene rings is 2. The van der Waals surface area contributed by atoms with Crippen molar-refractivity contribution in [2.45, 2.75) is 69.4 Å². The molecule has 8 nitrogen and oxygen atoms in total. The summed E-state index contributed by atoms with van der Waals surface area (Å²) in [4.78, 5) is 30.6. The molecule has 2 aromatic rings. The predicted octanol–water partition coefficient (Wildman–Crippen LogP) is 2.69. The number of nitrogens with zero attached hydrogens (tertiary/aromatic N) is 2. The first-order valence-electron chi connectivity index (χ1n) is 14.3. The molecule has 2 aromatic carbocycles. The standard InChI is InChI=1S/C32H39N3O5/c1-5-30-13-6-15-35-16-14-31(27(30)35)24-12-9-22(18-36)17-25(24)34(4)28(31)32(39,29(30)40-21(3)37)19-33-26(38)23-10-7-20(2)8-11-23/h6-13,17,27-29,36,39H,5,14-16,18-19H2,1-4H3,(H,33,38)/t27-,28+,29+,30+,31+,32?/m0/s1. The number of carbonyl (C=O) groups excluding carboxylic acids is 2. The maximum atomic E-state index is 13.3. The van der Waals surface area contributed by atoms with Gasteiger partial charge in [0.1, 0.15) is 11.7 Å². The van der Waals surface area contributed by atoms with Crippen LogP contribution in [0.1, 0.15) is 53.7 Å². The molecule has 6 rings (SSSR count). The number of ether oxygens (including phenoxy) is 1. The molecule has 1 spiro atoms. The number of hydrogen-bond acceptors (Lipinski definition) is 7. The van der Waals surface area contributed by atoms with E-state index in [0.717, 1.165) is 41.9 Å². The van der Waals surface area contributed by atoms with Gasteiger partial charge in [-0.25, -0.2) is 0 Å². The number of aliphatic hydroxyl groups is 2. The van der Waals surface area contributed by atoms with Gasteiger partial charge >= 0.3 is 5.97 Å². The summed E-state index contributed by atoms with van der Waals surface area (Å²) >= 11 is 0. The van der Waals surface area contributed by atoms with E-state index in [-0.39, 0.29) is 25.1 Å². The zero-order valence-electron chi connectivity index (χ0n) is 23.7. The molecule has 1 aliphatic carbocycles. The zero-order valence-corrected chi connectivity index (χ0v) is 23.7. The third-order valence-electron chi connectivity index (χ3n) is 10.1. The second kappa shape index (κ2) is 9.43. The Morgan fingerprint density at radius 1 is 1.15 bits per heavy atom. The summed E-state index contributed by atoms with van der Waals surface area (Å²) in [5, 5.41) is 26.0. The van der Waals surface area contributed by atoms with Crippen molar-refractivity contribution in [2.24, 2.45) is 5.41 Å². The summed E-state index contributed by atoms with van der Waals surface area (Å²) in [5.74, 6) is -0.748. The fraction of sp³-hybridized carbons (Fsp3) is 0.500. The van der Waals surface area contributed by atoms with E-state index in [2.05, 4.69) is 40.3 Å². The van der Waals surface area contributed by atoms with E-state index in [4.69, 9.17) is 4.74 Å². The lowest BCUT2D eigenvalue weighted by Gasteiger charge is -2.64. The molecule has 212 valence electrons. The number of nitrogens with one attached hydrogen (secondary N) is 1. The van der Waals surface area contributed by atoms with Gasteiger partial charge in [-0.05, 0) is 55.6 Å². The van der Waals surface area contributed by atoms with Crippen LogP contribution in [-0.2, 0) is 21.6 Å². The molecule has 4 aliphatic rings. The van der Waals surface area contributed by atoms with Gasteiger partial charge in [-0.2, -0.15) is 0 Å². The molecule has 3 N–H and O–H groups in total. The maximum Gasteiger partial charge on any atom is 0.303 e. The minimum atomic E-state index is -1.62. The van der Waals surface area contributed by atoms with Gasteiger partial charge in [0, 0.05) is 48.6 Å². The van der Waals surface area contributed by atoms with E-state index < -0.39 is 34.5 Å². The smallest absolute Gasteiger partial charge is 0.303 e. The fourth-order valence-electron chi connectivity index (χ4n) is 8.71. The van der Waals surface area contributed by atoms with Crippen LogP contribution in [0, 0.1) is 12.3 Å². The van der Waals surface area contributed by atoms with Crippen LogP contribution in [0.3, 0.4) is 0 Å². The first-order chi connectivity index (χ1) is 19.1. The fourth-order valence-corrected chi connectivity index (χ4v) is 8.71. The summed E-state index contributed by atoms with van der Waals surface area (Å²) < 4.78 is 6.16. The Labute approximate surface area is 235 Å². The highest BCUT2D eigenvalue weighted by atomic mass is 16.6. The maximum absolute atomic E-state index is 13.3. The number of carbonyl (C=O) groups is 2. The van der Waals surface area contributed by atoms with Crippen LogP contribution in [0.15, 0.2) is 54.6 Å². The van der Waals surface area contributed by atoms with E-state index in [0.29, 0.717) is 12.0 Å². The molecule has 1 saturated heterocycles. The lowest BCUT2D eigenvalue weighted by Crippen LogP contribution is -2.81. The van der Waals surface area contributed by atoms with Gasteiger partial charge in [-0.15, -0.1) is 0 Å². The van der Waals surface area contributed by atoms with Crippen molar-refractivity contribution < 1.29 is 24.5 Å². The number of esters is 1. The van der Waals surface area contributed by atoms with E-state index in [1.54, 1.807) is 12.1 Å². The largest absolute Gasteiger partial charge is 0.458 e. The minimum absolute atomic E-state index is 0.0129. The van der Waals surface area contributed by atoms with Crippen molar-refractivity contribution in [3.8, 4) is 0 Å². The summed E-state index contributed by atoms with van der Waals surface area (Å²) in [5.41, 5.74) is 1.70. The lowest BCUT2D eigenvalue weighted by atomic mass is 9.47. The van der Waals surface area contributed by atoms with Gasteiger partial charge in [-0.3, -0.25) is 14.5 Å². The molecule has 8 heteroatoms.